The molecular formula is C11H21N. The largest absolute Gasteiger partial charge is 0.310 e. The molecule has 0 spiro atoms. The van der Waals surface area contributed by atoms with Crippen LogP contribution in [0.15, 0.2) is 25.3 Å². The Labute approximate surface area is 76.6 Å². The van der Waals surface area contributed by atoms with E-state index in [1.165, 1.54) is 6.42 Å². The summed E-state index contributed by atoms with van der Waals surface area (Å²) in [6.45, 7) is 12.8. The second-order valence-electron chi connectivity index (χ2n) is 3.55. The van der Waals surface area contributed by atoms with E-state index in [1.807, 2.05) is 12.2 Å². The Morgan fingerprint density at radius 1 is 1.25 bits per heavy atom. The highest BCUT2D eigenvalue weighted by Crippen LogP contribution is 2.07. The molecule has 0 saturated carbocycles. The summed E-state index contributed by atoms with van der Waals surface area (Å²) in [7, 11) is 0. The predicted octanol–water partition coefficient (Wildman–Crippen LogP) is 2.75. The Kier molecular flexibility index (Phi) is 6.78. The zero-order valence-corrected chi connectivity index (χ0v) is 8.34. The summed E-state index contributed by atoms with van der Waals surface area (Å²) in [5, 5.41) is 3.41. The molecular weight excluding hydrogens is 146 g/mol. The molecule has 0 saturated heterocycles. The molecule has 0 aromatic heterocycles. The van der Waals surface area contributed by atoms with Crippen molar-refractivity contribution in [2.75, 3.05) is 6.54 Å². The van der Waals surface area contributed by atoms with Gasteiger partial charge in [-0.2, -0.15) is 0 Å². The van der Waals surface area contributed by atoms with Gasteiger partial charge in [-0.05, 0) is 18.8 Å². The van der Waals surface area contributed by atoms with Crippen molar-refractivity contribution in [3.63, 3.8) is 0 Å². The number of nitrogens with one attached hydrogen (secondary N) is 1. The molecule has 0 amide bonds. The fourth-order valence-electron chi connectivity index (χ4n) is 1.28. The van der Waals surface area contributed by atoms with Crippen molar-refractivity contribution in [2.24, 2.45) is 5.92 Å². The number of hydrogen-bond donors (Lipinski definition) is 1. The minimum absolute atomic E-state index is 0.570. The summed E-state index contributed by atoms with van der Waals surface area (Å²) in [5.74, 6) is 0.743. The first-order chi connectivity index (χ1) is 5.70. The summed E-state index contributed by atoms with van der Waals surface area (Å²) < 4.78 is 0. The molecule has 0 aromatic rings. The Morgan fingerprint density at radius 3 is 2.33 bits per heavy atom. The molecule has 70 valence electrons. The van der Waals surface area contributed by atoms with Crippen molar-refractivity contribution in [1.82, 2.24) is 5.32 Å². The van der Waals surface area contributed by atoms with Gasteiger partial charge in [-0.25, -0.2) is 0 Å². The van der Waals surface area contributed by atoms with Gasteiger partial charge in [0.1, 0.15) is 0 Å². The lowest BCUT2D eigenvalue weighted by atomic mass is 10.0. The van der Waals surface area contributed by atoms with Gasteiger partial charge in [-0.1, -0.05) is 26.0 Å². The molecule has 0 aliphatic rings. The molecule has 1 heteroatoms. The van der Waals surface area contributed by atoms with Crippen LogP contribution in [0.1, 0.15) is 26.7 Å². The topological polar surface area (TPSA) is 12.0 Å². The van der Waals surface area contributed by atoms with Crippen LogP contribution in [0.3, 0.4) is 0 Å². The fraction of sp³-hybridized carbons (Fsp3) is 0.636. The highest BCUT2D eigenvalue weighted by molar-refractivity contribution is 4.81. The minimum atomic E-state index is 0.570. The first-order valence-corrected chi connectivity index (χ1v) is 4.65. The van der Waals surface area contributed by atoms with E-state index in [9.17, 15) is 0 Å². The third kappa shape index (κ3) is 6.17. The summed E-state index contributed by atoms with van der Waals surface area (Å²) >= 11 is 0. The smallest absolute Gasteiger partial charge is 0.0135 e. The maximum atomic E-state index is 3.75. The van der Waals surface area contributed by atoms with E-state index in [0.717, 1.165) is 18.9 Å². The zero-order valence-electron chi connectivity index (χ0n) is 8.34. The average Bonchev–Trinajstić information content (AvgIpc) is 2.00. The van der Waals surface area contributed by atoms with Crippen molar-refractivity contribution in [3.05, 3.63) is 25.3 Å². The average molecular weight is 167 g/mol. The first-order valence-electron chi connectivity index (χ1n) is 4.65. The molecule has 12 heavy (non-hydrogen) atoms. The molecule has 1 nitrogen and oxygen atoms in total. The van der Waals surface area contributed by atoms with E-state index in [-0.39, 0.29) is 0 Å². The minimum Gasteiger partial charge on any atom is -0.310 e. The van der Waals surface area contributed by atoms with Crippen LogP contribution in [0.5, 0.6) is 0 Å². The lowest BCUT2D eigenvalue weighted by molar-refractivity contribution is 0.435. The SMILES string of the molecule is C=CCNC(CC=C)CC(C)C. The molecule has 0 heterocycles. The van der Waals surface area contributed by atoms with Crippen molar-refractivity contribution in [1.29, 1.82) is 0 Å². The molecule has 1 N–H and O–H groups in total. The summed E-state index contributed by atoms with van der Waals surface area (Å²) in [5.41, 5.74) is 0. The Bertz CT molecular complexity index is 127. The molecule has 1 unspecified atom stereocenters. The fourth-order valence-corrected chi connectivity index (χ4v) is 1.28. The number of rotatable bonds is 7. The summed E-state index contributed by atoms with van der Waals surface area (Å²) in [6.07, 6.45) is 6.13. The van der Waals surface area contributed by atoms with E-state index < -0.39 is 0 Å². The van der Waals surface area contributed by atoms with Gasteiger partial charge in [0.2, 0.25) is 0 Å². The van der Waals surface area contributed by atoms with E-state index in [1.54, 1.807) is 0 Å². The standard InChI is InChI=1S/C11H21N/c1-5-7-11(9-10(3)4)12-8-6-2/h5-6,10-12H,1-2,7-9H2,3-4H3. The third-order valence-corrected chi connectivity index (χ3v) is 1.76. The molecule has 0 aromatic carbocycles. The van der Waals surface area contributed by atoms with E-state index in [4.69, 9.17) is 0 Å². The predicted molar refractivity (Wildman–Crippen MR) is 56.3 cm³/mol. The van der Waals surface area contributed by atoms with Crippen molar-refractivity contribution in [3.8, 4) is 0 Å². The second-order valence-corrected chi connectivity index (χ2v) is 3.55. The summed E-state index contributed by atoms with van der Waals surface area (Å²) in [4.78, 5) is 0. The Balaban J connectivity index is 3.68. The van der Waals surface area contributed by atoms with Crippen LogP contribution in [0, 0.1) is 5.92 Å². The van der Waals surface area contributed by atoms with Crippen molar-refractivity contribution in [2.45, 2.75) is 32.7 Å². The number of hydrogen-bond acceptors (Lipinski definition) is 1. The molecule has 0 aliphatic heterocycles. The highest BCUT2D eigenvalue weighted by atomic mass is 14.9. The van der Waals surface area contributed by atoms with Gasteiger partial charge in [0, 0.05) is 12.6 Å². The van der Waals surface area contributed by atoms with Crippen molar-refractivity contribution >= 4 is 0 Å². The van der Waals surface area contributed by atoms with Gasteiger partial charge in [0.05, 0.1) is 0 Å². The van der Waals surface area contributed by atoms with Crippen molar-refractivity contribution < 1.29 is 0 Å². The van der Waals surface area contributed by atoms with Gasteiger partial charge in [-0.3, -0.25) is 0 Å². The van der Waals surface area contributed by atoms with Gasteiger partial charge >= 0.3 is 0 Å². The lowest BCUT2D eigenvalue weighted by Gasteiger charge is -2.17. The third-order valence-electron chi connectivity index (χ3n) is 1.76. The Hall–Kier alpha value is -0.560. The second kappa shape index (κ2) is 7.11. The van der Waals surface area contributed by atoms with E-state index in [2.05, 4.69) is 32.3 Å². The van der Waals surface area contributed by atoms with Crippen LogP contribution >= 0.6 is 0 Å². The van der Waals surface area contributed by atoms with E-state index in [0.29, 0.717) is 6.04 Å². The van der Waals surface area contributed by atoms with Crippen LogP contribution < -0.4 is 5.32 Å². The normalized spacial score (nSPS) is 12.9. The Morgan fingerprint density at radius 2 is 1.92 bits per heavy atom. The molecule has 0 rings (SSSR count). The van der Waals surface area contributed by atoms with Crippen LogP contribution in [0.4, 0.5) is 0 Å². The van der Waals surface area contributed by atoms with Gasteiger partial charge in [0.25, 0.3) is 0 Å². The van der Waals surface area contributed by atoms with Gasteiger partial charge < -0.3 is 5.32 Å². The summed E-state index contributed by atoms with van der Waals surface area (Å²) in [6, 6.07) is 0.570. The first kappa shape index (κ1) is 11.4. The van der Waals surface area contributed by atoms with Crippen LogP contribution in [0.25, 0.3) is 0 Å². The zero-order chi connectivity index (χ0) is 9.40. The van der Waals surface area contributed by atoms with E-state index >= 15 is 0 Å². The quantitative estimate of drug-likeness (QED) is 0.575. The highest BCUT2D eigenvalue weighted by Gasteiger charge is 2.06. The van der Waals surface area contributed by atoms with Gasteiger partial charge in [0.15, 0.2) is 0 Å². The molecule has 0 aliphatic carbocycles. The lowest BCUT2D eigenvalue weighted by Crippen LogP contribution is -2.29. The van der Waals surface area contributed by atoms with Crippen LogP contribution in [-0.4, -0.2) is 12.6 Å². The monoisotopic (exact) mass is 167 g/mol. The molecule has 0 bridgehead atoms. The maximum Gasteiger partial charge on any atom is 0.0135 e. The molecule has 1 atom stereocenters. The van der Waals surface area contributed by atoms with Crippen LogP contribution in [-0.2, 0) is 0 Å². The molecule has 0 radical (unpaired) electrons. The van der Waals surface area contributed by atoms with Crippen LogP contribution in [0.2, 0.25) is 0 Å². The maximum absolute atomic E-state index is 3.75. The van der Waals surface area contributed by atoms with Gasteiger partial charge in [-0.15, -0.1) is 13.2 Å². The molecule has 0 fully saturated rings.